The van der Waals surface area contributed by atoms with Crippen LogP contribution in [-0.4, -0.2) is 72.4 Å². The van der Waals surface area contributed by atoms with Gasteiger partial charge in [-0.25, -0.2) is 4.39 Å². The van der Waals surface area contributed by atoms with Crippen molar-refractivity contribution in [3.8, 4) is 5.75 Å². The number of piperazine rings is 1. The van der Waals surface area contributed by atoms with Crippen molar-refractivity contribution in [2.24, 2.45) is 0 Å². The summed E-state index contributed by atoms with van der Waals surface area (Å²) in [6.07, 6.45) is 0.901. The van der Waals surface area contributed by atoms with E-state index < -0.39 is 0 Å². The first-order valence-electron chi connectivity index (χ1n) is 10.3. The van der Waals surface area contributed by atoms with Gasteiger partial charge < -0.3 is 14.5 Å². The van der Waals surface area contributed by atoms with Crippen LogP contribution in [0.4, 0.5) is 4.39 Å². The third-order valence-corrected chi connectivity index (χ3v) is 5.74. The smallest absolute Gasteiger partial charge is 0.260 e. The summed E-state index contributed by atoms with van der Waals surface area (Å²) in [7, 11) is 0. The Morgan fingerprint density at radius 3 is 2.27 bits per heavy atom. The van der Waals surface area contributed by atoms with Gasteiger partial charge in [0, 0.05) is 39.3 Å². The SMILES string of the molecule is O=C(COc1ccc(F)cc1)N1CCN(CC(=O)N2CCc3ccccc3C2)CC1. The summed E-state index contributed by atoms with van der Waals surface area (Å²) in [6.45, 7) is 4.22. The topological polar surface area (TPSA) is 53.1 Å². The average Bonchev–Trinajstić information content (AvgIpc) is 2.78. The number of rotatable bonds is 5. The molecule has 0 aliphatic carbocycles. The number of ether oxygens (including phenoxy) is 1. The van der Waals surface area contributed by atoms with E-state index in [4.69, 9.17) is 4.74 Å². The van der Waals surface area contributed by atoms with Gasteiger partial charge in [-0.3, -0.25) is 14.5 Å². The van der Waals surface area contributed by atoms with Gasteiger partial charge in [-0.1, -0.05) is 24.3 Å². The van der Waals surface area contributed by atoms with Crippen LogP contribution in [0.2, 0.25) is 0 Å². The quantitative estimate of drug-likeness (QED) is 0.755. The maximum atomic E-state index is 12.9. The number of fused-ring (bicyclic) bond motifs is 1. The highest BCUT2D eigenvalue weighted by Crippen LogP contribution is 2.19. The molecule has 0 atom stereocenters. The van der Waals surface area contributed by atoms with E-state index >= 15 is 0 Å². The summed E-state index contributed by atoms with van der Waals surface area (Å²) in [5, 5.41) is 0. The zero-order chi connectivity index (χ0) is 20.9. The Morgan fingerprint density at radius 2 is 1.53 bits per heavy atom. The van der Waals surface area contributed by atoms with Crippen molar-refractivity contribution in [3.05, 3.63) is 65.5 Å². The van der Waals surface area contributed by atoms with Crippen LogP contribution in [-0.2, 0) is 22.6 Å². The van der Waals surface area contributed by atoms with Gasteiger partial charge in [-0.05, 0) is 41.8 Å². The Morgan fingerprint density at radius 1 is 0.833 bits per heavy atom. The van der Waals surface area contributed by atoms with Crippen LogP contribution in [0, 0.1) is 5.82 Å². The third kappa shape index (κ3) is 4.97. The Labute approximate surface area is 175 Å². The van der Waals surface area contributed by atoms with Crippen molar-refractivity contribution in [3.63, 3.8) is 0 Å². The molecule has 30 heavy (non-hydrogen) atoms. The maximum absolute atomic E-state index is 12.9. The Balaban J connectivity index is 1.20. The van der Waals surface area contributed by atoms with E-state index in [0.29, 0.717) is 45.0 Å². The predicted molar refractivity (Wildman–Crippen MR) is 110 cm³/mol. The van der Waals surface area contributed by atoms with Crippen LogP contribution in [0.5, 0.6) is 5.75 Å². The molecule has 2 aliphatic rings. The van der Waals surface area contributed by atoms with Crippen molar-refractivity contribution in [2.45, 2.75) is 13.0 Å². The van der Waals surface area contributed by atoms with E-state index in [9.17, 15) is 14.0 Å². The lowest BCUT2D eigenvalue weighted by Gasteiger charge is -2.36. The predicted octanol–water partition coefficient (Wildman–Crippen LogP) is 1.93. The van der Waals surface area contributed by atoms with Crippen molar-refractivity contribution < 1.29 is 18.7 Å². The minimum absolute atomic E-state index is 0.0717. The summed E-state index contributed by atoms with van der Waals surface area (Å²) in [5.74, 6) is 0.173. The van der Waals surface area contributed by atoms with Crippen molar-refractivity contribution >= 4 is 11.8 Å². The molecule has 0 unspecified atom stereocenters. The number of hydrogen-bond donors (Lipinski definition) is 0. The highest BCUT2D eigenvalue weighted by Gasteiger charge is 2.26. The molecule has 7 heteroatoms. The van der Waals surface area contributed by atoms with Gasteiger partial charge in [0.05, 0.1) is 6.54 Å². The Hall–Kier alpha value is -2.93. The van der Waals surface area contributed by atoms with Gasteiger partial charge in [0.15, 0.2) is 6.61 Å². The summed E-state index contributed by atoms with van der Waals surface area (Å²) < 4.78 is 18.4. The molecule has 1 fully saturated rings. The molecule has 0 N–H and O–H groups in total. The van der Waals surface area contributed by atoms with E-state index in [-0.39, 0.29) is 24.2 Å². The molecule has 6 nitrogen and oxygen atoms in total. The molecule has 0 saturated carbocycles. The second-order valence-electron chi connectivity index (χ2n) is 7.73. The monoisotopic (exact) mass is 411 g/mol. The number of amides is 2. The fourth-order valence-corrected chi connectivity index (χ4v) is 3.92. The summed E-state index contributed by atoms with van der Waals surface area (Å²) >= 11 is 0. The van der Waals surface area contributed by atoms with E-state index in [0.717, 1.165) is 13.0 Å². The molecule has 4 rings (SSSR count). The first kappa shape index (κ1) is 20.3. The van der Waals surface area contributed by atoms with Gasteiger partial charge in [-0.15, -0.1) is 0 Å². The lowest BCUT2D eigenvalue weighted by Crippen LogP contribution is -2.52. The first-order valence-corrected chi connectivity index (χ1v) is 10.3. The molecular weight excluding hydrogens is 385 g/mol. The fourth-order valence-electron chi connectivity index (χ4n) is 3.92. The van der Waals surface area contributed by atoms with Crippen molar-refractivity contribution in [2.75, 3.05) is 45.9 Å². The minimum atomic E-state index is -0.340. The molecule has 0 aromatic heterocycles. The lowest BCUT2D eigenvalue weighted by atomic mass is 10.00. The van der Waals surface area contributed by atoms with E-state index in [1.807, 2.05) is 17.0 Å². The minimum Gasteiger partial charge on any atom is -0.484 e. The molecule has 2 heterocycles. The second kappa shape index (κ2) is 9.26. The van der Waals surface area contributed by atoms with Crippen LogP contribution >= 0.6 is 0 Å². The molecule has 2 aromatic rings. The van der Waals surface area contributed by atoms with Gasteiger partial charge in [0.1, 0.15) is 11.6 Å². The number of nitrogens with zero attached hydrogens (tertiary/aromatic N) is 3. The van der Waals surface area contributed by atoms with E-state index in [1.165, 1.54) is 35.4 Å². The van der Waals surface area contributed by atoms with E-state index in [1.54, 1.807) is 4.90 Å². The van der Waals surface area contributed by atoms with Gasteiger partial charge in [-0.2, -0.15) is 0 Å². The molecule has 158 valence electrons. The first-order chi connectivity index (χ1) is 14.6. The number of carbonyl (C=O) groups excluding carboxylic acids is 2. The van der Waals surface area contributed by atoms with Crippen LogP contribution in [0.15, 0.2) is 48.5 Å². The zero-order valence-corrected chi connectivity index (χ0v) is 16.9. The average molecular weight is 411 g/mol. The van der Waals surface area contributed by atoms with Crippen LogP contribution in [0.1, 0.15) is 11.1 Å². The number of benzene rings is 2. The van der Waals surface area contributed by atoms with Crippen molar-refractivity contribution in [1.29, 1.82) is 0 Å². The van der Waals surface area contributed by atoms with Crippen molar-refractivity contribution in [1.82, 2.24) is 14.7 Å². The Kier molecular flexibility index (Phi) is 6.28. The standard InChI is InChI=1S/C23H26FN3O3/c24-20-5-7-21(8-6-20)30-17-23(29)26-13-11-25(12-14-26)16-22(28)27-10-9-18-3-1-2-4-19(18)15-27/h1-8H,9-17H2. The maximum Gasteiger partial charge on any atom is 0.260 e. The number of halogens is 1. The largest absolute Gasteiger partial charge is 0.484 e. The number of hydrogen-bond acceptors (Lipinski definition) is 4. The molecule has 0 spiro atoms. The molecule has 0 bridgehead atoms. The van der Waals surface area contributed by atoms with Gasteiger partial charge in [0.2, 0.25) is 5.91 Å². The molecular formula is C23H26FN3O3. The fraction of sp³-hybridized carbons (Fsp3) is 0.391. The molecule has 2 aromatic carbocycles. The molecule has 1 saturated heterocycles. The second-order valence-corrected chi connectivity index (χ2v) is 7.73. The lowest BCUT2D eigenvalue weighted by molar-refractivity contribution is -0.136. The summed E-state index contributed by atoms with van der Waals surface area (Å²) in [6, 6.07) is 13.9. The molecule has 2 aliphatic heterocycles. The molecule has 0 radical (unpaired) electrons. The van der Waals surface area contributed by atoms with Crippen LogP contribution in [0.3, 0.4) is 0 Å². The highest BCUT2D eigenvalue weighted by atomic mass is 19.1. The number of carbonyl (C=O) groups is 2. The van der Waals surface area contributed by atoms with Gasteiger partial charge >= 0.3 is 0 Å². The third-order valence-electron chi connectivity index (χ3n) is 5.74. The van der Waals surface area contributed by atoms with Gasteiger partial charge in [0.25, 0.3) is 5.91 Å². The summed E-state index contributed by atoms with van der Waals surface area (Å²) in [4.78, 5) is 30.9. The zero-order valence-electron chi connectivity index (χ0n) is 16.9. The van der Waals surface area contributed by atoms with E-state index in [2.05, 4.69) is 17.0 Å². The normalized spacial score (nSPS) is 16.8. The van der Waals surface area contributed by atoms with Crippen LogP contribution in [0.25, 0.3) is 0 Å². The Bertz CT molecular complexity index is 895. The summed E-state index contributed by atoms with van der Waals surface area (Å²) in [5.41, 5.74) is 2.56. The van der Waals surface area contributed by atoms with Crippen LogP contribution < -0.4 is 4.74 Å². The molecule has 2 amide bonds. The highest BCUT2D eigenvalue weighted by molar-refractivity contribution is 5.79.